The second-order valence-electron chi connectivity index (χ2n) is 5.70. The minimum Gasteiger partial charge on any atom is -0.461 e. The molecule has 128 valence electrons. The number of hydrogen-bond donors (Lipinski definition) is 0. The SMILES string of the molecule is CCOC(=O)c1nn(-c2ccccc2)cc1CN(C)c1ccccc1. The lowest BCUT2D eigenvalue weighted by atomic mass is 10.2. The maximum absolute atomic E-state index is 12.3. The van der Waals surface area contributed by atoms with Crippen molar-refractivity contribution in [1.29, 1.82) is 0 Å². The summed E-state index contributed by atoms with van der Waals surface area (Å²) < 4.78 is 6.89. The fourth-order valence-corrected chi connectivity index (χ4v) is 2.64. The van der Waals surface area contributed by atoms with E-state index in [1.54, 1.807) is 11.6 Å². The molecule has 0 amide bonds. The molecule has 0 aliphatic carbocycles. The van der Waals surface area contributed by atoms with Crippen molar-refractivity contribution in [1.82, 2.24) is 9.78 Å². The Balaban J connectivity index is 1.93. The molecule has 0 aliphatic heterocycles. The first kappa shape index (κ1) is 16.8. The van der Waals surface area contributed by atoms with Gasteiger partial charge in [0.2, 0.25) is 0 Å². The summed E-state index contributed by atoms with van der Waals surface area (Å²) in [6.07, 6.45) is 1.89. The molecular weight excluding hydrogens is 314 g/mol. The third kappa shape index (κ3) is 3.88. The molecule has 25 heavy (non-hydrogen) atoms. The van der Waals surface area contributed by atoms with Gasteiger partial charge >= 0.3 is 5.97 Å². The molecule has 5 heteroatoms. The Morgan fingerprint density at radius 1 is 1.08 bits per heavy atom. The summed E-state index contributed by atoms with van der Waals surface area (Å²) in [6.45, 7) is 2.68. The van der Waals surface area contributed by atoms with Gasteiger partial charge in [-0.15, -0.1) is 0 Å². The van der Waals surface area contributed by atoms with E-state index in [1.807, 2.05) is 73.9 Å². The normalized spacial score (nSPS) is 10.5. The number of hydrogen-bond acceptors (Lipinski definition) is 4. The first-order valence-electron chi connectivity index (χ1n) is 8.26. The second-order valence-corrected chi connectivity index (χ2v) is 5.70. The van der Waals surface area contributed by atoms with Crippen molar-refractivity contribution in [3.8, 4) is 5.69 Å². The Bertz CT molecular complexity index is 829. The summed E-state index contributed by atoms with van der Waals surface area (Å²) in [5.74, 6) is -0.395. The van der Waals surface area contributed by atoms with Gasteiger partial charge in [-0.3, -0.25) is 0 Å². The van der Waals surface area contributed by atoms with Gasteiger partial charge in [0.1, 0.15) is 0 Å². The molecule has 0 bridgehead atoms. The molecule has 5 nitrogen and oxygen atoms in total. The summed E-state index contributed by atoms with van der Waals surface area (Å²) in [4.78, 5) is 14.4. The first-order chi connectivity index (χ1) is 12.2. The molecule has 0 unspecified atom stereocenters. The number of aromatic nitrogens is 2. The Kier molecular flexibility index (Phi) is 5.14. The molecule has 0 N–H and O–H groups in total. The number of para-hydroxylation sites is 2. The van der Waals surface area contributed by atoms with Crippen LogP contribution in [-0.2, 0) is 11.3 Å². The van der Waals surface area contributed by atoms with Crippen LogP contribution in [0.3, 0.4) is 0 Å². The van der Waals surface area contributed by atoms with E-state index >= 15 is 0 Å². The van der Waals surface area contributed by atoms with Crippen molar-refractivity contribution in [2.24, 2.45) is 0 Å². The largest absolute Gasteiger partial charge is 0.461 e. The van der Waals surface area contributed by atoms with Gasteiger partial charge in [-0.1, -0.05) is 36.4 Å². The van der Waals surface area contributed by atoms with Crippen molar-refractivity contribution in [2.45, 2.75) is 13.5 Å². The van der Waals surface area contributed by atoms with Crippen molar-refractivity contribution < 1.29 is 9.53 Å². The second kappa shape index (κ2) is 7.66. The minimum absolute atomic E-state index is 0.324. The number of esters is 1. The number of ether oxygens (including phenoxy) is 1. The Labute approximate surface area is 147 Å². The van der Waals surface area contributed by atoms with Gasteiger partial charge in [0.25, 0.3) is 0 Å². The predicted octanol–water partition coefficient (Wildman–Crippen LogP) is 3.69. The van der Waals surface area contributed by atoms with Crippen LogP contribution in [0.5, 0.6) is 0 Å². The number of rotatable bonds is 6. The van der Waals surface area contributed by atoms with Crippen molar-refractivity contribution in [3.63, 3.8) is 0 Å². The predicted molar refractivity (Wildman–Crippen MR) is 98.1 cm³/mol. The lowest BCUT2D eigenvalue weighted by molar-refractivity contribution is 0.0517. The minimum atomic E-state index is -0.395. The van der Waals surface area contributed by atoms with Crippen molar-refractivity contribution in [2.75, 3.05) is 18.6 Å². The highest BCUT2D eigenvalue weighted by molar-refractivity contribution is 5.89. The topological polar surface area (TPSA) is 47.4 Å². The first-order valence-corrected chi connectivity index (χ1v) is 8.26. The molecule has 0 atom stereocenters. The van der Waals surface area contributed by atoms with Crippen LogP contribution in [-0.4, -0.2) is 29.4 Å². The third-order valence-electron chi connectivity index (χ3n) is 3.88. The van der Waals surface area contributed by atoms with Crippen molar-refractivity contribution in [3.05, 3.63) is 78.1 Å². The Morgan fingerprint density at radius 3 is 2.36 bits per heavy atom. The summed E-state index contributed by atoms with van der Waals surface area (Å²) in [6, 6.07) is 19.8. The van der Waals surface area contributed by atoms with E-state index in [2.05, 4.69) is 10.00 Å². The molecule has 0 radical (unpaired) electrons. The summed E-state index contributed by atoms with van der Waals surface area (Å²) >= 11 is 0. The van der Waals surface area contributed by atoms with Gasteiger partial charge in [-0.25, -0.2) is 9.48 Å². The average Bonchev–Trinajstić information content (AvgIpc) is 3.07. The third-order valence-corrected chi connectivity index (χ3v) is 3.88. The summed E-state index contributed by atoms with van der Waals surface area (Å²) in [7, 11) is 1.99. The van der Waals surface area contributed by atoms with Gasteiger partial charge in [-0.2, -0.15) is 5.10 Å². The van der Waals surface area contributed by atoms with Gasteiger partial charge in [-0.05, 0) is 31.2 Å². The number of anilines is 1. The van der Waals surface area contributed by atoms with Gasteiger partial charge in [0.15, 0.2) is 5.69 Å². The van der Waals surface area contributed by atoms with Crippen LogP contribution in [0.15, 0.2) is 66.9 Å². The number of carbonyl (C=O) groups is 1. The summed E-state index contributed by atoms with van der Waals surface area (Å²) in [5.41, 5.74) is 3.16. The standard InChI is InChI=1S/C20H21N3O2/c1-3-25-20(24)19-16(14-22(2)17-10-6-4-7-11-17)15-23(21-19)18-12-8-5-9-13-18/h4-13,15H,3,14H2,1-2H3. The van der Waals surface area contributed by atoms with Crippen LogP contribution in [0, 0.1) is 0 Å². The zero-order valence-corrected chi connectivity index (χ0v) is 14.4. The van der Waals surface area contributed by atoms with Crippen LogP contribution < -0.4 is 4.90 Å². The molecule has 3 aromatic rings. The monoisotopic (exact) mass is 335 g/mol. The molecule has 0 spiro atoms. The molecule has 0 saturated heterocycles. The number of nitrogens with zero attached hydrogens (tertiary/aromatic N) is 3. The molecule has 3 rings (SSSR count). The van der Waals surface area contributed by atoms with E-state index < -0.39 is 5.97 Å². The molecule has 2 aromatic carbocycles. The quantitative estimate of drug-likeness (QED) is 0.645. The molecule has 1 heterocycles. The lowest BCUT2D eigenvalue weighted by Crippen LogP contribution is -2.18. The van der Waals surface area contributed by atoms with Crippen molar-refractivity contribution >= 4 is 11.7 Å². The van der Waals surface area contributed by atoms with Gasteiger partial charge in [0.05, 0.1) is 12.3 Å². The average molecular weight is 335 g/mol. The van der Waals surface area contributed by atoms with Crippen LogP contribution >= 0.6 is 0 Å². The van der Waals surface area contributed by atoms with Crippen LogP contribution in [0.2, 0.25) is 0 Å². The van der Waals surface area contributed by atoms with E-state index in [9.17, 15) is 4.79 Å². The lowest BCUT2D eigenvalue weighted by Gasteiger charge is -2.18. The fraction of sp³-hybridized carbons (Fsp3) is 0.200. The Hall–Kier alpha value is -3.08. The van der Waals surface area contributed by atoms with Crippen LogP contribution in [0.25, 0.3) is 5.69 Å². The van der Waals surface area contributed by atoms with E-state index in [1.165, 1.54) is 0 Å². The van der Waals surface area contributed by atoms with E-state index in [0.717, 1.165) is 16.9 Å². The molecule has 0 aliphatic rings. The highest BCUT2D eigenvalue weighted by atomic mass is 16.5. The van der Waals surface area contributed by atoms with Gasteiger partial charge in [0, 0.05) is 31.0 Å². The maximum Gasteiger partial charge on any atom is 0.359 e. The van der Waals surface area contributed by atoms with E-state index in [4.69, 9.17) is 4.74 Å². The molecule has 1 aromatic heterocycles. The molecule has 0 fully saturated rings. The highest BCUT2D eigenvalue weighted by Crippen LogP contribution is 2.19. The number of benzene rings is 2. The zero-order valence-electron chi connectivity index (χ0n) is 14.4. The highest BCUT2D eigenvalue weighted by Gasteiger charge is 2.19. The molecule has 0 saturated carbocycles. The Morgan fingerprint density at radius 2 is 1.72 bits per heavy atom. The zero-order chi connectivity index (χ0) is 17.6. The van der Waals surface area contributed by atoms with E-state index in [-0.39, 0.29) is 0 Å². The smallest absolute Gasteiger partial charge is 0.359 e. The van der Waals surface area contributed by atoms with Crippen LogP contribution in [0.1, 0.15) is 23.0 Å². The van der Waals surface area contributed by atoms with E-state index in [0.29, 0.717) is 18.8 Å². The fourth-order valence-electron chi connectivity index (χ4n) is 2.64. The van der Waals surface area contributed by atoms with Crippen LogP contribution in [0.4, 0.5) is 5.69 Å². The maximum atomic E-state index is 12.3. The van der Waals surface area contributed by atoms with Gasteiger partial charge < -0.3 is 9.64 Å². The molecular formula is C20H21N3O2. The number of carbonyl (C=O) groups excluding carboxylic acids is 1. The summed E-state index contributed by atoms with van der Waals surface area (Å²) in [5, 5.41) is 4.46.